The van der Waals surface area contributed by atoms with Gasteiger partial charge in [0.1, 0.15) is 0 Å². The zero-order valence-electron chi connectivity index (χ0n) is 12.0. The minimum atomic E-state index is -4.41. The quantitative estimate of drug-likeness (QED) is 0.888. The van der Waals surface area contributed by atoms with Gasteiger partial charge in [0.25, 0.3) is 0 Å². The topological polar surface area (TPSA) is 15.3 Å². The molecular formula is C15H20ClF3N2. The third kappa shape index (κ3) is 4.27. The Balaban J connectivity index is 2.14. The number of nitrogens with zero attached hydrogens (tertiary/aromatic N) is 1. The van der Waals surface area contributed by atoms with Crippen molar-refractivity contribution in [2.75, 3.05) is 24.5 Å². The van der Waals surface area contributed by atoms with Crippen molar-refractivity contribution in [1.82, 2.24) is 5.32 Å². The van der Waals surface area contributed by atoms with E-state index in [0.717, 1.165) is 45.0 Å². The van der Waals surface area contributed by atoms with Gasteiger partial charge in [0.15, 0.2) is 0 Å². The van der Waals surface area contributed by atoms with Gasteiger partial charge in [0.2, 0.25) is 0 Å². The van der Waals surface area contributed by atoms with E-state index < -0.39 is 11.7 Å². The maximum absolute atomic E-state index is 12.9. The van der Waals surface area contributed by atoms with Gasteiger partial charge in [-0.25, -0.2) is 0 Å². The van der Waals surface area contributed by atoms with Crippen molar-refractivity contribution in [3.63, 3.8) is 0 Å². The Kier molecular flexibility index (Phi) is 5.38. The Hall–Kier alpha value is -0.940. The lowest BCUT2D eigenvalue weighted by atomic mass is 10.0. The second-order valence-corrected chi connectivity index (χ2v) is 5.81. The summed E-state index contributed by atoms with van der Waals surface area (Å²) in [6.45, 7) is 4.55. The molecule has 1 N–H and O–H groups in total. The van der Waals surface area contributed by atoms with E-state index in [2.05, 4.69) is 12.2 Å². The van der Waals surface area contributed by atoms with E-state index in [4.69, 9.17) is 11.6 Å². The van der Waals surface area contributed by atoms with Crippen molar-refractivity contribution in [2.45, 2.75) is 38.4 Å². The molecule has 1 heterocycles. The average molecular weight is 321 g/mol. The Morgan fingerprint density at radius 3 is 2.81 bits per heavy atom. The highest BCUT2D eigenvalue weighted by atomic mass is 35.5. The highest BCUT2D eigenvalue weighted by molar-refractivity contribution is 6.31. The number of rotatable bonds is 4. The molecule has 1 aliphatic heterocycles. The van der Waals surface area contributed by atoms with Gasteiger partial charge in [-0.2, -0.15) is 13.2 Å². The molecule has 0 aliphatic carbocycles. The zero-order chi connectivity index (χ0) is 15.5. The fraction of sp³-hybridized carbons (Fsp3) is 0.600. The molecule has 0 saturated carbocycles. The van der Waals surface area contributed by atoms with E-state index >= 15 is 0 Å². The molecule has 1 aromatic rings. The maximum atomic E-state index is 12.9. The number of benzene rings is 1. The average Bonchev–Trinajstić information content (AvgIpc) is 2.44. The normalized spacial score (nSPS) is 19.9. The molecule has 1 saturated heterocycles. The van der Waals surface area contributed by atoms with Crippen LogP contribution in [-0.4, -0.2) is 25.7 Å². The highest BCUT2D eigenvalue weighted by Crippen LogP contribution is 2.37. The van der Waals surface area contributed by atoms with Crippen molar-refractivity contribution < 1.29 is 13.2 Å². The molecule has 2 nitrogen and oxygen atoms in total. The summed E-state index contributed by atoms with van der Waals surface area (Å²) in [6, 6.07) is 4.50. The molecule has 6 heteroatoms. The lowest BCUT2D eigenvalue weighted by Gasteiger charge is -2.35. The van der Waals surface area contributed by atoms with Crippen molar-refractivity contribution in [2.24, 2.45) is 0 Å². The van der Waals surface area contributed by atoms with Gasteiger partial charge in [0, 0.05) is 24.8 Å². The van der Waals surface area contributed by atoms with Crippen molar-refractivity contribution in [1.29, 1.82) is 0 Å². The van der Waals surface area contributed by atoms with E-state index in [1.54, 1.807) is 6.07 Å². The molecule has 1 unspecified atom stereocenters. The molecule has 1 atom stereocenters. The summed E-state index contributed by atoms with van der Waals surface area (Å²) >= 11 is 5.67. The Bertz CT molecular complexity index is 476. The first-order valence-electron chi connectivity index (χ1n) is 7.27. The Labute approximate surface area is 128 Å². The third-order valence-corrected chi connectivity index (χ3v) is 4.05. The largest absolute Gasteiger partial charge is 0.417 e. The van der Waals surface area contributed by atoms with Crippen LogP contribution in [0.25, 0.3) is 0 Å². The van der Waals surface area contributed by atoms with E-state index in [0.29, 0.717) is 11.7 Å². The predicted molar refractivity (Wildman–Crippen MR) is 80.0 cm³/mol. The zero-order valence-corrected chi connectivity index (χ0v) is 12.8. The molecule has 0 aromatic heterocycles. The van der Waals surface area contributed by atoms with Crippen LogP contribution in [-0.2, 0) is 6.18 Å². The van der Waals surface area contributed by atoms with E-state index in [-0.39, 0.29) is 5.02 Å². The van der Waals surface area contributed by atoms with E-state index in [1.165, 1.54) is 6.07 Å². The number of anilines is 1. The van der Waals surface area contributed by atoms with Gasteiger partial charge >= 0.3 is 6.18 Å². The fourth-order valence-corrected chi connectivity index (χ4v) is 2.88. The molecule has 0 bridgehead atoms. The second-order valence-electron chi connectivity index (χ2n) is 5.40. The number of nitrogens with one attached hydrogen (secondary N) is 1. The summed E-state index contributed by atoms with van der Waals surface area (Å²) in [5, 5.41) is 3.19. The van der Waals surface area contributed by atoms with Crippen molar-refractivity contribution >= 4 is 17.3 Å². The van der Waals surface area contributed by atoms with Crippen LogP contribution in [0.3, 0.4) is 0 Å². The molecule has 2 rings (SSSR count). The first-order valence-corrected chi connectivity index (χ1v) is 7.64. The fourth-order valence-electron chi connectivity index (χ4n) is 2.65. The van der Waals surface area contributed by atoms with Crippen LogP contribution in [0, 0.1) is 0 Å². The standard InChI is InChI=1S/C15H20ClF3N2/c1-2-7-20-11-4-3-8-21(10-11)12-5-6-14(16)13(9-12)15(17,18)19/h5-6,9,11,20H,2-4,7-8,10H2,1H3. The summed E-state index contributed by atoms with van der Waals surface area (Å²) in [7, 11) is 0. The monoisotopic (exact) mass is 320 g/mol. The SMILES string of the molecule is CCCNC1CCCN(c2ccc(Cl)c(C(F)(F)F)c2)C1. The number of piperidine rings is 1. The van der Waals surface area contributed by atoms with Crippen LogP contribution in [0.1, 0.15) is 31.7 Å². The summed E-state index contributed by atoms with van der Waals surface area (Å²) < 4.78 is 38.8. The van der Waals surface area contributed by atoms with E-state index in [1.807, 2.05) is 4.90 Å². The number of hydrogen-bond acceptors (Lipinski definition) is 2. The summed E-state index contributed by atoms with van der Waals surface area (Å²) in [5.74, 6) is 0. The van der Waals surface area contributed by atoms with Gasteiger partial charge in [-0.05, 0) is 44.0 Å². The van der Waals surface area contributed by atoms with E-state index in [9.17, 15) is 13.2 Å². The first kappa shape index (κ1) is 16.4. The smallest absolute Gasteiger partial charge is 0.370 e. The molecule has 0 amide bonds. The maximum Gasteiger partial charge on any atom is 0.417 e. The van der Waals surface area contributed by atoms with Crippen LogP contribution in [0.5, 0.6) is 0 Å². The molecule has 0 spiro atoms. The molecule has 1 aliphatic rings. The third-order valence-electron chi connectivity index (χ3n) is 3.72. The predicted octanol–water partition coefficient (Wildman–Crippen LogP) is 4.33. The molecule has 1 aromatic carbocycles. The number of hydrogen-bond donors (Lipinski definition) is 1. The lowest BCUT2D eigenvalue weighted by Crippen LogP contribution is -2.46. The van der Waals surface area contributed by atoms with Crippen LogP contribution < -0.4 is 10.2 Å². The lowest BCUT2D eigenvalue weighted by molar-refractivity contribution is -0.137. The van der Waals surface area contributed by atoms with Gasteiger partial charge in [-0.1, -0.05) is 18.5 Å². The molecule has 118 valence electrons. The number of halogens is 4. The van der Waals surface area contributed by atoms with Gasteiger partial charge in [-0.3, -0.25) is 0 Å². The van der Waals surface area contributed by atoms with Crippen LogP contribution in [0.15, 0.2) is 18.2 Å². The minimum Gasteiger partial charge on any atom is -0.370 e. The summed E-state index contributed by atoms with van der Waals surface area (Å²) in [4.78, 5) is 2.00. The number of alkyl halides is 3. The highest BCUT2D eigenvalue weighted by Gasteiger charge is 2.34. The van der Waals surface area contributed by atoms with Crippen molar-refractivity contribution in [3.8, 4) is 0 Å². The van der Waals surface area contributed by atoms with Crippen LogP contribution in [0.2, 0.25) is 5.02 Å². The minimum absolute atomic E-state index is 0.246. The van der Waals surface area contributed by atoms with Gasteiger partial charge < -0.3 is 10.2 Å². The Morgan fingerprint density at radius 2 is 2.14 bits per heavy atom. The van der Waals surface area contributed by atoms with Crippen LogP contribution >= 0.6 is 11.6 Å². The van der Waals surface area contributed by atoms with Gasteiger partial charge in [0.05, 0.1) is 10.6 Å². The molecule has 21 heavy (non-hydrogen) atoms. The molecule has 1 fully saturated rings. The molecular weight excluding hydrogens is 301 g/mol. The summed E-state index contributed by atoms with van der Waals surface area (Å²) in [5.41, 5.74) is -0.167. The van der Waals surface area contributed by atoms with Crippen molar-refractivity contribution in [3.05, 3.63) is 28.8 Å². The second kappa shape index (κ2) is 6.88. The molecule has 0 radical (unpaired) electrons. The Morgan fingerprint density at radius 1 is 1.38 bits per heavy atom. The first-order chi connectivity index (χ1) is 9.91. The van der Waals surface area contributed by atoms with Gasteiger partial charge in [-0.15, -0.1) is 0 Å². The van der Waals surface area contributed by atoms with Crippen LogP contribution in [0.4, 0.5) is 18.9 Å². The summed E-state index contributed by atoms with van der Waals surface area (Å²) in [6.07, 6.45) is -1.32.